The molecule has 0 unspecified atom stereocenters. The molecule has 0 aliphatic heterocycles. The van der Waals surface area contributed by atoms with Gasteiger partial charge in [0.2, 0.25) is 17.8 Å². The molecule has 0 aliphatic carbocycles. The normalized spacial score (nSPS) is 12.0. The van der Waals surface area contributed by atoms with E-state index in [9.17, 15) is 18.0 Å². The van der Waals surface area contributed by atoms with E-state index in [-0.39, 0.29) is 30.5 Å². The lowest BCUT2D eigenvalue weighted by Crippen LogP contribution is -2.17. The van der Waals surface area contributed by atoms with Crippen molar-refractivity contribution in [1.29, 1.82) is 0 Å². The van der Waals surface area contributed by atoms with Crippen LogP contribution in [-0.4, -0.2) is 31.5 Å². The van der Waals surface area contributed by atoms with Crippen molar-refractivity contribution in [2.45, 2.75) is 38.8 Å². The largest absolute Gasteiger partial charge is 0.370 e. The lowest BCUT2D eigenvalue weighted by molar-refractivity contribution is -0.118. The predicted molar refractivity (Wildman–Crippen MR) is 110 cm³/mol. The Morgan fingerprint density at radius 3 is 2.52 bits per heavy atom. The first-order chi connectivity index (χ1) is 14.7. The summed E-state index contributed by atoms with van der Waals surface area (Å²) in [6.45, 7) is 3.80. The quantitative estimate of drug-likeness (QED) is 0.472. The van der Waals surface area contributed by atoms with Crippen molar-refractivity contribution in [3.63, 3.8) is 0 Å². The van der Waals surface area contributed by atoms with Crippen LogP contribution in [0.3, 0.4) is 0 Å². The number of terminal acetylenes is 1. The lowest BCUT2D eigenvalue weighted by Gasteiger charge is -2.17. The van der Waals surface area contributed by atoms with E-state index in [1.807, 2.05) is 13.8 Å². The lowest BCUT2D eigenvalue weighted by atomic mass is 10.1. The van der Waals surface area contributed by atoms with Crippen molar-refractivity contribution in [3.8, 4) is 12.3 Å². The van der Waals surface area contributed by atoms with E-state index in [2.05, 4.69) is 31.5 Å². The van der Waals surface area contributed by atoms with Gasteiger partial charge in [0.05, 0.1) is 12.2 Å². The zero-order valence-corrected chi connectivity index (χ0v) is 16.8. The van der Waals surface area contributed by atoms with Crippen molar-refractivity contribution in [1.82, 2.24) is 19.5 Å². The molecule has 0 aliphatic rings. The Morgan fingerprint density at radius 2 is 1.94 bits per heavy atom. The molecule has 0 radical (unpaired) electrons. The second-order valence-corrected chi connectivity index (χ2v) is 7.06. The first kappa shape index (κ1) is 21.9. The second kappa shape index (κ2) is 8.91. The van der Waals surface area contributed by atoms with Crippen LogP contribution in [0.5, 0.6) is 0 Å². The molecule has 8 nitrogen and oxygen atoms in total. The number of primary amides is 1. The summed E-state index contributed by atoms with van der Waals surface area (Å²) in [5, 5.41) is 5.57. The van der Waals surface area contributed by atoms with Crippen molar-refractivity contribution in [2.75, 3.05) is 10.6 Å². The topological polar surface area (TPSA) is 111 Å². The molecular weight excluding hydrogens is 411 g/mol. The molecule has 3 aromatic rings. The van der Waals surface area contributed by atoms with Crippen LogP contribution >= 0.6 is 0 Å². The van der Waals surface area contributed by atoms with Crippen molar-refractivity contribution in [2.24, 2.45) is 5.73 Å². The number of hydrogen-bond acceptors (Lipinski definition) is 6. The highest BCUT2D eigenvalue weighted by Crippen LogP contribution is 2.30. The summed E-state index contributed by atoms with van der Waals surface area (Å²) >= 11 is 0. The molecular formula is C20H20F3N7O. The monoisotopic (exact) mass is 431 g/mol. The fourth-order valence-electron chi connectivity index (χ4n) is 2.94. The number of imidazole rings is 1. The van der Waals surface area contributed by atoms with Crippen LogP contribution in [0.1, 0.15) is 32.7 Å². The smallest absolute Gasteiger partial charge is 0.224 e. The van der Waals surface area contributed by atoms with Gasteiger partial charge in [0, 0.05) is 24.6 Å². The third-order valence-electron chi connectivity index (χ3n) is 4.26. The SMILES string of the molecule is C#C[C@H](CCC(N)=O)n1c(Nc2c(F)cc(F)cc2F)nc2cnc(NC(C)C)nc21. The Kier molecular flexibility index (Phi) is 6.29. The number of halogens is 3. The van der Waals surface area contributed by atoms with Gasteiger partial charge < -0.3 is 16.4 Å². The van der Waals surface area contributed by atoms with E-state index >= 15 is 0 Å². The van der Waals surface area contributed by atoms with E-state index in [1.54, 1.807) is 0 Å². The fraction of sp³-hybridized carbons (Fsp3) is 0.300. The van der Waals surface area contributed by atoms with Crippen LogP contribution < -0.4 is 16.4 Å². The summed E-state index contributed by atoms with van der Waals surface area (Å²) in [5.41, 5.74) is 5.19. The number of nitrogens with zero attached hydrogens (tertiary/aromatic N) is 4. The zero-order chi connectivity index (χ0) is 22.7. The van der Waals surface area contributed by atoms with Crippen molar-refractivity contribution >= 4 is 34.7 Å². The number of nitrogens with one attached hydrogen (secondary N) is 2. The van der Waals surface area contributed by atoms with Gasteiger partial charge in [0.1, 0.15) is 17.0 Å². The maximum absolute atomic E-state index is 14.2. The van der Waals surface area contributed by atoms with Gasteiger partial charge in [-0.1, -0.05) is 5.92 Å². The van der Waals surface area contributed by atoms with Gasteiger partial charge in [-0.05, 0) is 20.3 Å². The number of fused-ring (bicyclic) bond motifs is 1. The van der Waals surface area contributed by atoms with Gasteiger partial charge in [0.25, 0.3) is 0 Å². The molecule has 3 rings (SSSR count). The Bertz CT molecular complexity index is 1150. The van der Waals surface area contributed by atoms with Crippen LogP contribution in [0.15, 0.2) is 18.3 Å². The van der Waals surface area contributed by atoms with Crippen molar-refractivity contribution in [3.05, 3.63) is 35.8 Å². The average molecular weight is 431 g/mol. The van der Waals surface area contributed by atoms with E-state index in [1.165, 1.54) is 10.8 Å². The summed E-state index contributed by atoms with van der Waals surface area (Å²) in [7, 11) is 0. The van der Waals surface area contributed by atoms with E-state index in [0.29, 0.717) is 23.6 Å². The summed E-state index contributed by atoms with van der Waals surface area (Å²) in [6.07, 6.45) is 7.19. The number of aromatic nitrogens is 4. The standard InChI is InChI=1S/C20H20F3N7O/c1-4-12(5-6-16(24)31)30-18-15(9-25-19(29-18)26-10(2)3)27-20(30)28-17-13(22)7-11(21)8-14(17)23/h1,7-10,12H,5-6H2,2-3H3,(H2,24,31)(H,27,28)(H,25,26,29)/t12-/m1/s1. The summed E-state index contributed by atoms with van der Waals surface area (Å²) in [4.78, 5) is 24.1. The Labute approximate surface area is 176 Å². The van der Waals surface area contributed by atoms with E-state index < -0.39 is 35.1 Å². The maximum atomic E-state index is 14.2. The first-order valence-electron chi connectivity index (χ1n) is 9.37. The molecule has 1 aromatic carbocycles. The minimum atomic E-state index is -1.15. The number of nitrogens with two attached hydrogens (primary N) is 1. The molecule has 4 N–H and O–H groups in total. The van der Waals surface area contributed by atoms with Crippen LogP contribution in [-0.2, 0) is 4.79 Å². The number of hydrogen-bond donors (Lipinski definition) is 3. The van der Waals surface area contributed by atoms with Crippen LogP contribution in [0.2, 0.25) is 0 Å². The van der Waals surface area contributed by atoms with Crippen LogP contribution in [0, 0.1) is 29.8 Å². The Balaban J connectivity index is 2.15. The fourth-order valence-corrected chi connectivity index (χ4v) is 2.94. The zero-order valence-electron chi connectivity index (χ0n) is 16.8. The molecule has 2 heterocycles. The molecule has 31 heavy (non-hydrogen) atoms. The van der Waals surface area contributed by atoms with Gasteiger partial charge in [-0.15, -0.1) is 6.42 Å². The number of amides is 1. The van der Waals surface area contributed by atoms with Gasteiger partial charge >= 0.3 is 0 Å². The minimum absolute atomic E-state index is 0.0323. The molecule has 162 valence electrons. The molecule has 2 aromatic heterocycles. The maximum Gasteiger partial charge on any atom is 0.224 e. The van der Waals surface area contributed by atoms with E-state index in [0.717, 1.165) is 0 Å². The van der Waals surface area contributed by atoms with Crippen LogP contribution in [0.25, 0.3) is 11.2 Å². The molecule has 0 fully saturated rings. The van der Waals surface area contributed by atoms with Gasteiger partial charge in [0.15, 0.2) is 17.3 Å². The molecule has 11 heteroatoms. The molecule has 0 spiro atoms. The molecule has 1 amide bonds. The highest BCUT2D eigenvalue weighted by atomic mass is 19.1. The summed E-state index contributed by atoms with van der Waals surface area (Å²) in [6, 6.07) is 0.337. The van der Waals surface area contributed by atoms with Gasteiger partial charge in [-0.3, -0.25) is 9.36 Å². The third-order valence-corrected chi connectivity index (χ3v) is 4.26. The number of benzene rings is 1. The number of anilines is 3. The summed E-state index contributed by atoms with van der Waals surface area (Å²) in [5.74, 6) is -1.17. The summed E-state index contributed by atoms with van der Waals surface area (Å²) < 4.78 is 43.1. The molecule has 1 atom stereocenters. The first-order valence-corrected chi connectivity index (χ1v) is 9.37. The highest BCUT2D eigenvalue weighted by molar-refractivity contribution is 5.77. The van der Waals surface area contributed by atoms with Crippen LogP contribution in [0.4, 0.5) is 30.8 Å². The van der Waals surface area contributed by atoms with Gasteiger partial charge in [-0.25, -0.2) is 23.1 Å². The number of rotatable bonds is 8. The Morgan fingerprint density at radius 1 is 1.26 bits per heavy atom. The number of carbonyl (C=O) groups is 1. The number of carbonyl (C=O) groups excluding carboxylic acids is 1. The third kappa shape index (κ3) is 4.85. The molecule has 0 bridgehead atoms. The molecule has 0 saturated carbocycles. The van der Waals surface area contributed by atoms with E-state index in [4.69, 9.17) is 12.2 Å². The predicted octanol–water partition coefficient (Wildman–Crippen LogP) is 3.25. The average Bonchev–Trinajstić information content (AvgIpc) is 3.02. The van der Waals surface area contributed by atoms with Gasteiger partial charge in [-0.2, -0.15) is 4.98 Å². The Hall–Kier alpha value is -3.81. The highest BCUT2D eigenvalue weighted by Gasteiger charge is 2.23. The molecule has 0 saturated heterocycles. The second-order valence-electron chi connectivity index (χ2n) is 7.06. The van der Waals surface area contributed by atoms with Crippen molar-refractivity contribution < 1.29 is 18.0 Å². The minimum Gasteiger partial charge on any atom is -0.370 e.